The number of nitrogens with one attached hydrogen (secondary N) is 2. The van der Waals surface area contributed by atoms with E-state index in [9.17, 15) is 14.4 Å². The fourth-order valence-corrected chi connectivity index (χ4v) is 5.96. The Morgan fingerprint density at radius 1 is 1.02 bits per heavy atom. The highest BCUT2D eigenvalue weighted by atomic mass is 16.7. The van der Waals surface area contributed by atoms with E-state index in [1.165, 1.54) is 7.11 Å². The van der Waals surface area contributed by atoms with Gasteiger partial charge in [-0.25, -0.2) is 4.79 Å². The van der Waals surface area contributed by atoms with Gasteiger partial charge in [0.1, 0.15) is 0 Å². The molecular formula is C33H33N3O6. The number of allylic oxidation sites excluding steroid dienone is 1. The molecule has 6 rings (SSSR count). The average Bonchev–Trinajstić information content (AvgIpc) is 3.39. The Kier molecular flexibility index (Phi) is 7.10. The van der Waals surface area contributed by atoms with Gasteiger partial charge in [-0.2, -0.15) is 0 Å². The number of benzene rings is 3. The van der Waals surface area contributed by atoms with E-state index in [4.69, 9.17) is 14.2 Å². The summed E-state index contributed by atoms with van der Waals surface area (Å²) in [5.41, 5.74) is 5.00. The molecule has 1 atom stereocenters. The maximum Gasteiger partial charge on any atom is 0.337 e. The standard InChI is InChI=1S/C33H33N3O6/c1-33(2)15-24-30(26(37)16-33)31(21-9-11-22(12-10-21)32(39)40-3)36(25-7-5-4-6-23(25)35-24)18-29(38)34-17-20-8-13-27-28(14-20)42-19-41-27/h4-14,31,35H,15-19H2,1-3H3,(H,34,38). The summed E-state index contributed by atoms with van der Waals surface area (Å²) in [6, 6.07) is 19.9. The number of carbonyl (C=O) groups excluding carboxylic acids is 3. The fraction of sp³-hybridized carbons (Fsp3) is 0.303. The van der Waals surface area contributed by atoms with Crippen LogP contribution >= 0.6 is 0 Å². The van der Waals surface area contributed by atoms with Gasteiger partial charge in [0, 0.05) is 24.2 Å². The smallest absolute Gasteiger partial charge is 0.337 e. The van der Waals surface area contributed by atoms with Gasteiger partial charge >= 0.3 is 5.97 Å². The number of esters is 1. The van der Waals surface area contributed by atoms with Gasteiger partial charge in [0.15, 0.2) is 17.3 Å². The molecule has 9 heteroatoms. The molecule has 0 aromatic heterocycles. The van der Waals surface area contributed by atoms with Crippen molar-refractivity contribution < 1.29 is 28.6 Å². The highest BCUT2D eigenvalue weighted by Gasteiger charge is 2.42. The molecule has 2 aliphatic heterocycles. The number of hydrogen-bond acceptors (Lipinski definition) is 8. The number of anilines is 2. The number of Topliss-reactive ketones (excluding diaryl/α,β-unsaturated/α-hetero) is 1. The zero-order valence-electron chi connectivity index (χ0n) is 23.9. The highest BCUT2D eigenvalue weighted by Crippen LogP contribution is 2.48. The molecule has 216 valence electrons. The number of nitrogens with zero attached hydrogens (tertiary/aromatic N) is 1. The molecule has 3 aromatic rings. The Bertz CT molecular complexity index is 1590. The number of carbonyl (C=O) groups is 3. The summed E-state index contributed by atoms with van der Waals surface area (Å²) >= 11 is 0. The molecule has 0 spiro atoms. The van der Waals surface area contributed by atoms with Crippen molar-refractivity contribution in [2.45, 2.75) is 39.3 Å². The number of rotatable bonds is 6. The van der Waals surface area contributed by atoms with Crippen molar-refractivity contribution in [2.75, 3.05) is 30.7 Å². The van der Waals surface area contributed by atoms with Crippen molar-refractivity contribution in [3.05, 3.63) is 94.7 Å². The summed E-state index contributed by atoms with van der Waals surface area (Å²) in [5, 5.41) is 6.59. The molecule has 0 saturated heterocycles. The van der Waals surface area contributed by atoms with Gasteiger partial charge in [-0.05, 0) is 59.4 Å². The van der Waals surface area contributed by atoms with Gasteiger partial charge in [0.25, 0.3) is 0 Å². The minimum Gasteiger partial charge on any atom is -0.465 e. The number of methoxy groups -OCH3 is 1. The topological polar surface area (TPSA) is 106 Å². The summed E-state index contributed by atoms with van der Waals surface area (Å²) in [6.07, 6.45) is 1.08. The maximum atomic E-state index is 13.9. The van der Waals surface area contributed by atoms with Crippen LogP contribution in [0.5, 0.6) is 11.5 Å². The van der Waals surface area contributed by atoms with Crippen LogP contribution in [0.1, 0.15) is 54.2 Å². The van der Waals surface area contributed by atoms with Gasteiger partial charge in [0.2, 0.25) is 12.7 Å². The van der Waals surface area contributed by atoms with Crippen molar-refractivity contribution in [2.24, 2.45) is 5.41 Å². The van der Waals surface area contributed by atoms with Crippen LogP contribution in [0.4, 0.5) is 11.4 Å². The van der Waals surface area contributed by atoms with E-state index in [1.807, 2.05) is 59.5 Å². The molecule has 1 unspecified atom stereocenters. The Hall–Kier alpha value is -4.79. The van der Waals surface area contributed by atoms with Gasteiger partial charge in [-0.15, -0.1) is 0 Å². The molecule has 0 fully saturated rings. The van der Waals surface area contributed by atoms with Gasteiger partial charge in [-0.3, -0.25) is 9.59 Å². The van der Waals surface area contributed by atoms with Crippen LogP contribution in [0.3, 0.4) is 0 Å². The van der Waals surface area contributed by atoms with Crippen molar-refractivity contribution in [1.29, 1.82) is 0 Å². The van der Waals surface area contributed by atoms with Gasteiger partial charge in [-0.1, -0.05) is 44.2 Å². The largest absolute Gasteiger partial charge is 0.465 e. The second-order valence-electron chi connectivity index (χ2n) is 11.6. The van der Waals surface area contributed by atoms with E-state index >= 15 is 0 Å². The van der Waals surface area contributed by atoms with Crippen molar-refractivity contribution in [1.82, 2.24) is 5.32 Å². The van der Waals surface area contributed by atoms with E-state index in [1.54, 1.807) is 12.1 Å². The monoisotopic (exact) mass is 567 g/mol. The van der Waals surface area contributed by atoms with Crippen LogP contribution in [0.2, 0.25) is 0 Å². The quantitative estimate of drug-likeness (QED) is 0.395. The Labute approximate surface area is 244 Å². The first kappa shape index (κ1) is 27.4. The van der Waals surface area contributed by atoms with E-state index in [0.717, 1.165) is 28.2 Å². The molecular weight excluding hydrogens is 534 g/mol. The lowest BCUT2D eigenvalue weighted by atomic mass is 9.73. The van der Waals surface area contributed by atoms with Crippen LogP contribution in [0, 0.1) is 5.41 Å². The predicted octanol–water partition coefficient (Wildman–Crippen LogP) is 5.13. The van der Waals surface area contributed by atoms with E-state index < -0.39 is 12.0 Å². The van der Waals surface area contributed by atoms with Crippen LogP contribution in [0.25, 0.3) is 0 Å². The normalized spacial score (nSPS) is 18.4. The van der Waals surface area contributed by atoms with Crippen LogP contribution in [-0.4, -0.2) is 38.1 Å². The number of hydrogen-bond donors (Lipinski definition) is 2. The summed E-state index contributed by atoms with van der Waals surface area (Å²) in [7, 11) is 1.34. The molecule has 3 aliphatic rings. The van der Waals surface area contributed by atoms with Crippen molar-refractivity contribution >= 4 is 29.0 Å². The zero-order valence-corrected chi connectivity index (χ0v) is 23.9. The molecule has 1 aliphatic carbocycles. The number of fused-ring (bicyclic) bond motifs is 2. The second kappa shape index (κ2) is 10.9. The molecule has 42 heavy (non-hydrogen) atoms. The molecule has 0 saturated carbocycles. The molecule has 0 radical (unpaired) electrons. The van der Waals surface area contributed by atoms with Gasteiger partial charge in [0.05, 0.1) is 36.6 Å². The van der Waals surface area contributed by atoms with Crippen LogP contribution in [0.15, 0.2) is 78.0 Å². The summed E-state index contributed by atoms with van der Waals surface area (Å²) in [4.78, 5) is 41.6. The lowest BCUT2D eigenvalue weighted by Gasteiger charge is -2.38. The first-order valence-corrected chi connectivity index (χ1v) is 13.9. The highest BCUT2D eigenvalue weighted by molar-refractivity contribution is 6.02. The van der Waals surface area contributed by atoms with Crippen molar-refractivity contribution in [3.8, 4) is 11.5 Å². The lowest BCUT2D eigenvalue weighted by molar-refractivity contribution is -0.120. The molecule has 9 nitrogen and oxygen atoms in total. The first-order valence-electron chi connectivity index (χ1n) is 13.9. The lowest BCUT2D eigenvalue weighted by Crippen LogP contribution is -2.41. The second-order valence-corrected chi connectivity index (χ2v) is 11.6. The minimum absolute atomic E-state index is 0.000117. The molecule has 1 amide bonds. The Morgan fingerprint density at radius 2 is 1.79 bits per heavy atom. The minimum atomic E-state index is -0.553. The van der Waals surface area contributed by atoms with Crippen LogP contribution in [-0.2, 0) is 20.9 Å². The third-order valence-corrected chi connectivity index (χ3v) is 7.89. The zero-order chi connectivity index (χ0) is 29.4. The average molecular weight is 568 g/mol. The molecule has 2 N–H and O–H groups in total. The number of ketones is 1. The van der Waals surface area contributed by atoms with E-state index in [0.29, 0.717) is 42.0 Å². The molecule has 3 aromatic carbocycles. The van der Waals surface area contributed by atoms with E-state index in [2.05, 4.69) is 24.5 Å². The number of amides is 1. The Morgan fingerprint density at radius 3 is 2.57 bits per heavy atom. The Balaban J connectivity index is 1.37. The number of ether oxygens (including phenoxy) is 3. The first-order chi connectivity index (χ1) is 20.2. The maximum absolute atomic E-state index is 13.9. The third-order valence-electron chi connectivity index (χ3n) is 7.89. The van der Waals surface area contributed by atoms with Gasteiger partial charge < -0.3 is 29.7 Å². The van der Waals surface area contributed by atoms with Crippen LogP contribution < -0.4 is 25.0 Å². The summed E-state index contributed by atoms with van der Waals surface area (Å²) in [6.45, 7) is 4.68. The molecule has 0 bridgehead atoms. The SMILES string of the molecule is COC(=O)c1ccc(C2C3=C(CC(C)(C)CC3=O)Nc3ccccc3N2CC(=O)NCc2ccc3c(c2)OCO3)cc1. The summed E-state index contributed by atoms with van der Waals surface area (Å²) < 4.78 is 15.7. The number of para-hydroxylation sites is 2. The summed E-state index contributed by atoms with van der Waals surface area (Å²) in [5.74, 6) is 0.734. The fourth-order valence-electron chi connectivity index (χ4n) is 5.96. The third kappa shape index (κ3) is 5.30. The van der Waals surface area contributed by atoms with Crippen molar-refractivity contribution in [3.63, 3.8) is 0 Å². The molecule has 2 heterocycles. The van der Waals surface area contributed by atoms with E-state index in [-0.39, 0.29) is 30.4 Å². The predicted molar refractivity (Wildman–Crippen MR) is 157 cm³/mol.